The first-order valence-electron chi connectivity index (χ1n) is 5.66. The van der Waals surface area contributed by atoms with Gasteiger partial charge < -0.3 is 15.7 Å². The van der Waals surface area contributed by atoms with Gasteiger partial charge in [-0.1, -0.05) is 15.9 Å². The average molecular weight is 313 g/mol. The Balaban J connectivity index is 2.07. The lowest BCUT2D eigenvalue weighted by Gasteiger charge is -2.26. The molecule has 0 aliphatic heterocycles. The van der Waals surface area contributed by atoms with Gasteiger partial charge in [0, 0.05) is 10.5 Å². The van der Waals surface area contributed by atoms with Crippen LogP contribution in [0.15, 0.2) is 22.7 Å². The van der Waals surface area contributed by atoms with Crippen LogP contribution < -0.4 is 10.6 Å². The van der Waals surface area contributed by atoms with Crippen LogP contribution in [0.4, 0.5) is 10.5 Å². The van der Waals surface area contributed by atoms with Crippen LogP contribution in [0.1, 0.15) is 29.6 Å². The predicted molar refractivity (Wildman–Crippen MR) is 70.9 cm³/mol. The second-order valence-electron chi connectivity index (χ2n) is 4.22. The largest absolute Gasteiger partial charge is 0.478 e. The molecule has 3 N–H and O–H groups in total. The number of aromatic carboxylic acids is 1. The quantitative estimate of drug-likeness (QED) is 0.803. The van der Waals surface area contributed by atoms with Crippen molar-refractivity contribution in [1.29, 1.82) is 0 Å². The first-order valence-corrected chi connectivity index (χ1v) is 6.46. The molecule has 2 amide bonds. The van der Waals surface area contributed by atoms with Crippen LogP contribution in [0, 0.1) is 0 Å². The number of carbonyl (C=O) groups excluding carboxylic acids is 1. The molecule has 5 nitrogen and oxygen atoms in total. The molecule has 0 radical (unpaired) electrons. The van der Waals surface area contributed by atoms with Crippen LogP contribution in [0.5, 0.6) is 0 Å². The summed E-state index contributed by atoms with van der Waals surface area (Å²) >= 11 is 3.20. The Morgan fingerprint density at radius 1 is 1.33 bits per heavy atom. The molecule has 0 unspecified atom stereocenters. The average Bonchev–Trinajstić information content (AvgIpc) is 2.26. The van der Waals surface area contributed by atoms with E-state index in [1.165, 1.54) is 6.07 Å². The van der Waals surface area contributed by atoms with Crippen LogP contribution in [-0.4, -0.2) is 23.1 Å². The highest BCUT2D eigenvalue weighted by Crippen LogP contribution is 2.22. The second-order valence-corrected chi connectivity index (χ2v) is 5.14. The number of rotatable bonds is 3. The first-order chi connectivity index (χ1) is 8.56. The highest BCUT2D eigenvalue weighted by atomic mass is 79.9. The fourth-order valence-electron chi connectivity index (χ4n) is 1.70. The van der Waals surface area contributed by atoms with Gasteiger partial charge >= 0.3 is 12.0 Å². The number of nitrogens with one attached hydrogen (secondary N) is 2. The van der Waals surface area contributed by atoms with Crippen LogP contribution in [0.3, 0.4) is 0 Å². The van der Waals surface area contributed by atoms with Crippen LogP contribution in [-0.2, 0) is 0 Å². The van der Waals surface area contributed by atoms with Crippen molar-refractivity contribution < 1.29 is 14.7 Å². The van der Waals surface area contributed by atoms with E-state index in [-0.39, 0.29) is 17.6 Å². The van der Waals surface area contributed by atoms with Gasteiger partial charge in [-0.05, 0) is 37.5 Å². The van der Waals surface area contributed by atoms with Crippen molar-refractivity contribution in [2.75, 3.05) is 5.32 Å². The summed E-state index contributed by atoms with van der Waals surface area (Å²) in [6, 6.07) is 4.57. The summed E-state index contributed by atoms with van der Waals surface area (Å²) in [5.41, 5.74) is 0.357. The van der Waals surface area contributed by atoms with E-state index in [1.807, 2.05) is 0 Å². The van der Waals surface area contributed by atoms with E-state index >= 15 is 0 Å². The first kappa shape index (κ1) is 12.9. The Labute approximate surface area is 113 Å². The Kier molecular flexibility index (Phi) is 3.86. The Morgan fingerprint density at radius 2 is 2.06 bits per heavy atom. The smallest absolute Gasteiger partial charge is 0.337 e. The fourth-order valence-corrected chi connectivity index (χ4v) is 2.06. The van der Waals surface area contributed by atoms with Crippen LogP contribution in [0.25, 0.3) is 0 Å². The Bertz CT molecular complexity index is 486. The molecule has 0 spiro atoms. The monoisotopic (exact) mass is 312 g/mol. The van der Waals surface area contributed by atoms with Crippen molar-refractivity contribution in [1.82, 2.24) is 5.32 Å². The molecule has 96 valence electrons. The van der Waals surface area contributed by atoms with E-state index in [4.69, 9.17) is 5.11 Å². The van der Waals surface area contributed by atoms with E-state index in [1.54, 1.807) is 12.1 Å². The molecule has 0 heterocycles. The lowest BCUT2D eigenvalue weighted by Crippen LogP contribution is -2.42. The summed E-state index contributed by atoms with van der Waals surface area (Å²) < 4.78 is 0.657. The molecule has 6 heteroatoms. The van der Waals surface area contributed by atoms with Gasteiger partial charge in [0.2, 0.25) is 0 Å². The summed E-state index contributed by atoms with van der Waals surface area (Å²) in [5, 5.41) is 14.4. The number of amides is 2. The van der Waals surface area contributed by atoms with Gasteiger partial charge in [-0.2, -0.15) is 0 Å². The highest BCUT2D eigenvalue weighted by molar-refractivity contribution is 9.10. The maximum absolute atomic E-state index is 11.6. The number of carbonyl (C=O) groups is 2. The minimum absolute atomic E-state index is 0.0631. The SMILES string of the molecule is O=C(Nc1ccc(Br)cc1C(=O)O)NC1CCC1. The number of carboxylic acids is 1. The van der Waals surface area contributed by atoms with E-state index in [0.29, 0.717) is 10.2 Å². The molecule has 18 heavy (non-hydrogen) atoms. The van der Waals surface area contributed by atoms with Gasteiger partial charge in [0.25, 0.3) is 0 Å². The summed E-state index contributed by atoms with van der Waals surface area (Å²) in [5.74, 6) is -1.07. The summed E-state index contributed by atoms with van der Waals surface area (Å²) in [6.07, 6.45) is 3.10. The van der Waals surface area contributed by atoms with Gasteiger partial charge in [-0.3, -0.25) is 0 Å². The van der Waals surface area contributed by atoms with E-state index in [2.05, 4.69) is 26.6 Å². The Hall–Kier alpha value is -1.56. The van der Waals surface area contributed by atoms with Gasteiger partial charge in [-0.15, -0.1) is 0 Å². The molecule has 1 aromatic carbocycles. The molecule has 2 rings (SSSR count). The summed E-state index contributed by atoms with van der Waals surface area (Å²) in [6.45, 7) is 0. The van der Waals surface area contributed by atoms with Crippen molar-refractivity contribution in [3.63, 3.8) is 0 Å². The maximum atomic E-state index is 11.6. The lowest BCUT2D eigenvalue weighted by molar-refractivity contribution is 0.0698. The van der Waals surface area contributed by atoms with Gasteiger partial charge in [0.1, 0.15) is 0 Å². The van der Waals surface area contributed by atoms with Crippen molar-refractivity contribution in [3.05, 3.63) is 28.2 Å². The number of hydrogen-bond donors (Lipinski definition) is 3. The predicted octanol–water partition coefficient (Wildman–Crippen LogP) is 2.82. The Morgan fingerprint density at radius 3 is 2.61 bits per heavy atom. The minimum atomic E-state index is -1.07. The molecule has 0 atom stereocenters. The maximum Gasteiger partial charge on any atom is 0.337 e. The zero-order valence-corrected chi connectivity index (χ0v) is 11.2. The number of anilines is 1. The molecule has 1 aromatic rings. The number of halogens is 1. The molecule has 0 aromatic heterocycles. The summed E-state index contributed by atoms with van der Waals surface area (Å²) in [7, 11) is 0. The van der Waals surface area contributed by atoms with Crippen molar-refractivity contribution in [2.45, 2.75) is 25.3 Å². The molecule has 1 aliphatic rings. The third-order valence-corrected chi connectivity index (χ3v) is 3.39. The van der Waals surface area contributed by atoms with Crippen molar-refractivity contribution in [3.8, 4) is 0 Å². The highest BCUT2D eigenvalue weighted by Gasteiger charge is 2.20. The standard InChI is InChI=1S/C12H13BrN2O3/c13-7-4-5-10(9(6-7)11(16)17)15-12(18)14-8-2-1-3-8/h4-6,8H,1-3H2,(H,16,17)(H2,14,15,18). The van der Waals surface area contributed by atoms with Crippen LogP contribution in [0.2, 0.25) is 0 Å². The fraction of sp³-hybridized carbons (Fsp3) is 0.333. The zero-order chi connectivity index (χ0) is 13.1. The van der Waals surface area contributed by atoms with Crippen molar-refractivity contribution >= 4 is 33.6 Å². The molecular weight excluding hydrogens is 300 g/mol. The van der Waals surface area contributed by atoms with Gasteiger partial charge in [0.05, 0.1) is 11.3 Å². The van der Waals surface area contributed by atoms with Gasteiger partial charge in [-0.25, -0.2) is 9.59 Å². The topological polar surface area (TPSA) is 78.4 Å². The van der Waals surface area contributed by atoms with E-state index in [9.17, 15) is 9.59 Å². The normalized spacial score (nSPS) is 14.7. The van der Waals surface area contributed by atoms with Gasteiger partial charge in [0.15, 0.2) is 0 Å². The lowest BCUT2D eigenvalue weighted by atomic mass is 9.93. The number of benzene rings is 1. The molecule has 1 fully saturated rings. The van der Waals surface area contributed by atoms with E-state index < -0.39 is 5.97 Å². The third-order valence-electron chi connectivity index (χ3n) is 2.90. The molecule has 1 saturated carbocycles. The molecule has 1 aliphatic carbocycles. The van der Waals surface area contributed by atoms with E-state index in [0.717, 1.165) is 19.3 Å². The van der Waals surface area contributed by atoms with Crippen LogP contribution >= 0.6 is 15.9 Å². The zero-order valence-electron chi connectivity index (χ0n) is 9.57. The summed E-state index contributed by atoms with van der Waals surface area (Å²) in [4.78, 5) is 22.7. The number of hydrogen-bond acceptors (Lipinski definition) is 2. The van der Waals surface area contributed by atoms with Crippen molar-refractivity contribution in [2.24, 2.45) is 0 Å². The minimum Gasteiger partial charge on any atom is -0.478 e. The molecule has 0 bridgehead atoms. The molecular formula is C12H13BrN2O3. The number of urea groups is 1. The molecule has 0 saturated heterocycles. The third kappa shape index (κ3) is 3.01. The number of carboxylic acid groups (broad SMARTS) is 1. The second kappa shape index (κ2) is 5.39.